The van der Waals surface area contributed by atoms with Crippen LogP contribution in [0.5, 0.6) is 0 Å². The van der Waals surface area contributed by atoms with Gasteiger partial charge in [-0.05, 0) is 37.5 Å². The zero-order valence-electron chi connectivity index (χ0n) is 18.9. The third kappa shape index (κ3) is 3.76. The number of imidazole rings is 1. The molecule has 0 saturated carbocycles. The van der Waals surface area contributed by atoms with Crippen molar-refractivity contribution in [3.63, 3.8) is 0 Å². The number of nitrogens with zero attached hydrogens (tertiary/aromatic N) is 5. The molecule has 1 aliphatic heterocycles. The van der Waals surface area contributed by atoms with Gasteiger partial charge in [-0.25, -0.2) is 23.4 Å². The molecule has 32 heavy (non-hydrogen) atoms. The summed E-state index contributed by atoms with van der Waals surface area (Å²) >= 11 is 0. The Morgan fingerprint density at radius 1 is 1.19 bits per heavy atom. The van der Waals surface area contributed by atoms with Crippen LogP contribution in [0.3, 0.4) is 0 Å². The number of sulfone groups is 1. The maximum absolute atomic E-state index is 12.3. The van der Waals surface area contributed by atoms with Crippen LogP contribution >= 0.6 is 0 Å². The predicted octanol–water partition coefficient (Wildman–Crippen LogP) is 2.30. The highest BCUT2D eigenvalue weighted by Gasteiger charge is 2.35. The molecule has 3 heterocycles. The Balaban J connectivity index is 1.86. The minimum atomic E-state index is -3.49. The Labute approximate surface area is 187 Å². The molecule has 4 rings (SSSR count). The van der Waals surface area contributed by atoms with Crippen LogP contribution in [0.25, 0.3) is 11.0 Å². The van der Waals surface area contributed by atoms with Gasteiger partial charge in [0.2, 0.25) is 5.95 Å². The molecule has 2 N–H and O–H groups in total. The van der Waals surface area contributed by atoms with Gasteiger partial charge in [0.1, 0.15) is 5.82 Å². The SMILES string of the molecule is Cc1nc(N2CCn3c(nc4cc(CO)c(S(C)(=O)=O)cc43)[C@H]2C(C)C)ncc1[C@H](C)O. The van der Waals surface area contributed by atoms with Crippen molar-refractivity contribution in [2.45, 2.75) is 57.9 Å². The number of aliphatic hydroxyl groups is 2. The Bertz CT molecular complexity index is 1280. The summed E-state index contributed by atoms with van der Waals surface area (Å²) < 4.78 is 26.6. The molecule has 10 heteroatoms. The largest absolute Gasteiger partial charge is 0.392 e. The van der Waals surface area contributed by atoms with Gasteiger partial charge in [-0.1, -0.05) is 13.8 Å². The highest BCUT2D eigenvalue weighted by Crippen LogP contribution is 2.37. The molecule has 0 saturated heterocycles. The first-order valence-corrected chi connectivity index (χ1v) is 12.5. The van der Waals surface area contributed by atoms with E-state index in [1.165, 1.54) is 0 Å². The van der Waals surface area contributed by atoms with Crippen LogP contribution in [0.2, 0.25) is 0 Å². The van der Waals surface area contributed by atoms with E-state index in [2.05, 4.69) is 33.3 Å². The molecule has 172 valence electrons. The summed E-state index contributed by atoms with van der Waals surface area (Å²) in [5, 5.41) is 19.6. The van der Waals surface area contributed by atoms with E-state index >= 15 is 0 Å². The van der Waals surface area contributed by atoms with Crippen molar-refractivity contribution >= 4 is 26.8 Å². The van der Waals surface area contributed by atoms with E-state index in [9.17, 15) is 18.6 Å². The molecule has 0 unspecified atom stereocenters. The van der Waals surface area contributed by atoms with E-state index in [0.717, 1.165) is 23.3 Å². The summed E-state index contributed by atoms with van der Waals surface area (Å²) in [6, 6.07) is 3.17. The third-order valence-electron chi connectivity index (χ3n) is 6.04. The van der Waals surface area contributed by atoms with E-state index in [1.54, 1.807) is 25.3 Å². The standard InChI is InChI=1S/C22H29N5O4S/c1-12(2)20-21-25-17-8-15(11-28)19(32(5,30)31)9-18(17)26(21)6-7-27(20)22-23-10-16(14(4)29)13(3)24-22/h8-10,12,14,20,28-29H,6-7,11H2,1-5H3/t14-,20+/m0/s1. The number of benzene rings is 1. The average molecular weight is 460 g/mol. The highest BCUT2D eigenvalue weighted by atomic mass is 32.2. The number of aryl methyl sites for hydroxylation is 1. The number of rotatable bonds is 5. The maximum atomic E-state index is 12.3. The first-order chi connectivity index (χ1) is 15.0. The minimum absolute atomic E-state index is 0.118. The highest BCUT2D eigenvalue weighted by molar-refractivity contribution is 7.90. The van der Waals surface area contributed by atoms with Gasteiger partial charge in [0.15, 0.2) is 9.84 Å². The number of anilines is 1. The third-order valence-corrected chi connectivity index (χ3v) is 7.22. The number of aliphatic hydroxyl groups excluding tert-OH is 2. The molecule has 0 bridgehead atoms. The molecule has 2 aromatic heterocycles. The van der Waals surface area contributed by atoms with E-state index in [0.29, 0.717) is 35.7 Å². The van der Waals surface area contributed by atoms with Crippen molar-refractivity contribution in [1.29, 1.82) is 0 Å². The van der Waals surface area contributed by atoms with Crippen LogP contribution < -0.4 is 4.90 Å². The smallest absolute Gasteiger partial charge is 0.226 e. The first-order valence-electron chi connectivity index (χ1n) is 10.6. The van der Waals surface area contributed by atoms with Gasteiger partial charge in [0, 0.05) is 36.8 Å². The van der Waals surface area contributed by atoms with Gasteiger partial charge >= 0.3 is 0 Å². The van der Waals surface area contributed by atoms with E-state index < -0.39 is 15.9 Å². The molecule has 0 spiro atoms. The Morgan fingerprint density at radius 2 is 1.91 bits per heavy atom. The summed E-state index contributed by atoms with van der Waals surface area (Å²) in [5.74, 6) is 1.58. The summed E-state index contributed by atoms with van der Waals surface area (Å²) in [7, 11) is -3.49. The molecule has 1 aromatic carbocycles. The summed E-state index contributed by atoms with van der Waals surface area (Å²) in [6.07, 6.45) is 2.18. The Morgan fingerprint density at radius 3 is 2.47 bits per heavy atom. The molecule has 0 fully saturated rings. The minimum Gasteiger partial charge on any atom is -0.392 e. The fourth-order valence-corrected chi connectivity index (χ4v) is 5.45. The van der Waals surface area contributed by atoms with E-state index in [4.69, 9.17) is 4.98 Å². The second-order valence-corrected chi connectivity index (χ2v) is 10.8. The number of aromatic nitrogens is 4. The van der Waals surface area contributed by atoms with Gasteiger partial charge in [0.25, 0.3) is 0 Å². The van der Waals surface area contributed by atoms with Crippen molar-refractivity contribution in [3.8, 4) is 0 Å². The van der Waals surface area contributed by atoms with Crippen molar-refractivity contribution in [3.05, 3.63) is 41.0 Å². The van der Waals surface area contributed by atoms with Crippen LogP contribution in [-0.4, -0.2) is 51.0 Å². The van der Waals surface area contributed by atoms with Crippen LogP contribution in [0.4, 0.5) is 5.95 Å². The first kappa shape index (κ1) is 22.6. The molecule has 3 aromatic rings. The monoisotopic (exact) mass is 459 g/mol. The molecule has 2 atom stereocenters. The summed E-state index contributed by atoms with van der Waals surface area (Å²) in [6.45, 7) is 8.61. The zero-order valence-corrected chi connectivity index (χ0v) is 19.8. The van der Waals surface area contributed by atoms with Crippen molar-refractivity contribution in [1.82, 2.24) is 19.5 Å². The lowest BCUT2D eigenvalue weighted by Gasteiger charge is -2.38. The van der Waals surface area contributed by atoms with Crippen molar-refractivity contribution in [2.75, 3.05) is 17.7 Å². The zero-order chi connectivity index (χ0) is 23.4. The Kier molecular flexibility index (Phi) is 5.72. The van der Waals surface area contributed by atoms with Crippen LogP contribution in [0.1, 0.15) is 55.6 Å². The molecule has 0 radical (unpaired) electrons. The molecule has 9 nitrogen and oxygen atoms in total. The topological polar surface area (TPSA) is 121 Å². The van der Waals surface area contributed by atoms with Gasteiger partial charge < -0.3 is 19.7 Å². The van der Waals surface area contributed by atoms with Crippen LogP contribution in [0, 0.1) is 12.8 Å². The molecular weight excluding hydrogens is 430 g/mol. The maximum Gasteiger partial charge on any atom is 0.226 e. The average Bonchev–Trinajstić information content (AvgIpc) is 3.08. The lowest BCUT2D eigenvalue weighted by atomic mass is 10.00. The van der Waals surface area contributed by atoms with Gasteiger partial charge in [-0.2, -0.15) is 0 Å². The van der Waals surface area contributed by atoms with E-state index in [-0.39, 0.29) is 23.5 Å². The predicted molar refractivity (Wildman–Crippen MR) is 121 cm³/mol. The van der Waals surface area contributed by atoms with Gasteiger partial charge in [-0.15, -0.1) is 0 Å². The molecule has 0 amide bonds. The number of hydrogen-bond donors (Lipinski definition) is 2. The second kappa shape index (κ2) is 8.09. The molecule has 1 aliphatic rings. The van der Waals surface area contributed by atoms with Gasteiger partial charge in [-0.3, -0.25) is 0 Å². The quantitative estimate of drug-likeness (QED) is 0.596. The normalized spacial score (nSPS) is 17.8. The van der Waals surface area contributed by atoms with Gasteiger partial charge in [0.05, 0.1) is 34.7 Å². The summed E-state index contributed by atoms with van der Waals surface area (Å²) in [4.78, 5) is 16.3. The Hall–Kier alpha value is -2.56. The van der Waals surface area contributed by atoms with E-state index in [1.807, 2.05) is 6.92 Å². The van der Waals surface area contributed by atoms with Crippen molar-refractivity contribution < 1.29 is 18.6 Å². The van der Waals surface area contributed by atoms with Crippen molar-refractivity contribution in [2.24, 2.45) is 5.92 Å². The number of fused-ring (bicyclic) bond motifs is 3. The lowest BCUT2D eigenvalue weighted by Crippen LogP contribution is -2.42. The number of hydrogen-bond acceptors (Lipinski definition) is 8. The van der Waals surface area contributed by atoms with Crippen LogP contribution in [-0.2, 0) is 23.0 Å². The fraction of sp³-hybridized carbons (Fsp3) is 0.500. The van der Waals surface area contributed by atoms with Crippen LogP contribution in [0.15, 0.2) is 23.2 Å². The lowest BCUT2D eigenvalue weighted by molar-refractivity contribution is 0.197. The summed E-state index contributed by atoms with van der Waals surface area (Å²) in [5.41, 5.74) is 3.18. The second-order valence-electron chi connectivity index (χ2n) is 8.77. The molecule has 0 aliphatic carbocycles. The molecular formula is C22H29N5O4S. The fourth-order valence-electron chi connectivity index (χ4n) is 4.52.